The smallest absolute Gasteiger partial charge is 0.407 e. The number of amides is 1. The molecular formula is C16H28N2O2. The van der Waals surface area contributed by atoms with E-state index in [1.54, 1.807) is 7.05 Å². The van der Waals surface area contributed by atoms with E-state index in [1.165, 1.54) is 11.3 Å². The summed E-state index contributed by atoms with van der Waals surface area (Å²) in [7, 11) is 3.76. The van der Waals surface area contributed by atoms with Crippen LogP contribution in [0.4, 0.5) is 4.79 Å². The Bertz CT molecular complexity index is 351. The molecule has 1 aliphatic rings. The SMILES string of the molecule is CCCN(C)CC#CC1CCC(CN(C)C(=O)O)CC1. The van der Waals surface area contributed by atoms with Crippen LogP contribution in [0.5, 0.6) is 0 Å². The van der Waals surface area contributed by atoms with Crippen molar-refractivity contribution in [1.29, 1.82) is 0 Å². The zero-order valence-electron chi connectivity index (χ0n) is 13.1. The fourth-order valence-corrected chi connectivity index (χ4v) is 2.74. The maximum absolute atomic E-state index is 10.8. The van der Waals surface area contributed by atoms with Gasteiger partial charge < -0.3 is 10.0 Å². The first-order valence-electron chi connectivity index (χ1n) is 7.64. The highest BCUT2D eigenvalue weighted by atomic mass is 16.4. The fraction of sp³-hybridized carbons (Fsp3) is 0.812. The molecule has 1 saturated carbocycles. The number of rotatable bonds is 5. The van der Waals surface area contributed by atoms with E-state index in [-0.39, 0.29) is 0 Å². The van der Waals surface area contributed by atoms with Crippen molar-refractivity contribution in [2.24, 2.45) is 11.8 Å². The third kappa shape index (κ3) is 6.29. The summed E-state index contributed by atoms with van der Waals surface area (Å²) in [6.45, 7) is 4.80. The Morgan fingerprint density at radius 3 is 2.45 bits per heavy atom. The van der Waals surface area contributed by atoms with E-state index < -0.39 is 6.09 Å². The van der Waals surface area contributed by atoms with Gasteiger partial charge in [-0.15, -0.1) is 0 Å². The molecule has 0 radical (unpaired) electrons. The largest absolute Gasteiger partial charge is 0.465 e. The Hall–Kier alpha value is -1.21. The maximum atomic E-state index is 10.8. The number of nitrogens with zero attached hydrogens (tertiary/aromatic N) is 2. The predicted octanol–water partition coefficient (Wildman–Crippen LogP) is 2.75. The molecule has 1 amide bonds. The van der Waals surface area contributed by atoms with Crippen LogP contribution in [-0.2, 0) is 0 Å². The summed E-state index contributed by atoms with van der Waals surface area (Å²) in [4.78, 5) is 14.4. The lowest BCUT2D eigenvalue weighted by Gasteiger charge is -2.28. The molecular weight excluding hydrogens is 252 g/mol. The van der Waals surface area contributed by atoms with Gasteiger partial charge in [0.2, 0.25) is 0 Å². The van der Waals surface area contributed by atoms with Crippen LogP contribution in [0.2, 0.25) is 0 Å². The number of hydrogen-bond acceptors (Lipinski definition) is 2. The lowest BCUT2D eigenvalue weighted by molar-refractivity contribution is 0.142. The minimum Gasteiger partial charge on any atom is -0.465 e. The molecule has 0 aromatic carbocycles. The second-order valence-corrected chi connectivity index (χ2v) is 5.94. The molecule has 0 saturated heterocycles. The van der Waals surface area contributed by atoms with Crippen molar-refractivity contribution in [3.63, 3.8) is 0 Å². The third-order valence-corrected chi connectivity index (χ3v) is 3.97. The van der Waals surface area contributed by atoms with Crippen LogP contribution < -0.4 is 0 Å². The summed E-state index contributed by atoms with van der Waals surface area (Å²) in [6, 6.07) is 0. The van der Waals surface area contributed by atoms with Gasteiger partial charge in [-0.05, 0) is 51.6 Å². The molecule has 1 N–H and O–H groups in total. The zero-order valence-corrected chi connectivity index (χ0v) is 13.1. The number of carbonyl (C=O) groups is 1. The van der Waals surface area contributed by atoms with Gasteiger partial charge >= 0.3 is 6.09 Å². The van der Waals surface area contributed by atoms with Crippen molar-refractivity contribution in [2.45, 2.75) is 39.0 Å². The van der Waals surface area contributed by atoms with E-state index in [0.717, 1.165) is 38.8 Å². The minimum atomic E-state index is -0.828. The Morgan fingerprint density at radius 1 is 1.25 bits per heavy atom. The van der Waals surface area contributed by atoms with Crippen LogP contribution >= 0.6 is 0 Å². The van der Waals surface area contributed by atoms with Crippen molar-refractivity contribution in [2.75, 3.05) is 33.7 Å². The summed E-state index contributed by atoms with van der Waals surface area (Å²) >= 11 is 0. The monoisotopic (exact) mass is 280 g/mol. The molecule has 0 spiro atoms. The highest BCUT2D eigenvalue weighted by Crippen LogP contribution is 2.28. The van der Waals surface area contributed by atoms with Gasteiger partial charge in [0, 0.05) is 19.5 Å². The van der Waals surface area contributed by atoms with E-state index in [2.05, 4.69) is 30.7 Å². The second-order valence-electron chi connectivity index (χ2n) is 5.94. The fourth-order valence-electron chi connectivity index (χ4n) is 2.74. The van der Waals surface area contributed by atoms with Crippen LogP contribution in [0.25, 0.3) is 0 Å². The first-order valence-corrected chi connectivity index (χ1v) is 7.64. The highest BCUT2D eigenvalue weighted by Gasteiger charge is 2.22. The predicted molar refractivity (Wildman–Crippen MR) is 81.7 cm³/mol. The van der Waals surface area contributed by atoms with Crippen LogP contribution in [0.1, 0.15) is 39.0 Å². The molecule has 0 unspecified atom stereocenters. The van der Waals surface area contributed by atoms with E-state index in [1.807, 2.05) is 0 Å². The average Bonchev–Trinajstić information content (AvgIpc) is 2.41. The molecule has 0 heterocycles. The summed E-state index contributed by atoms with van der Waals surface area (Å²) < 4.78 is 0. The van der Waals surface area contributed by atoms with Gasteiger partial charge in [0.25, 0.3) is 0 Å². The molecule has 20 heavy (non-hydrogen) atoms. The van der Waals surface area contributed by atoms with E-state index in [0.29, 0.717) is 18.4 Å². The number of carboxylic acid groups (broad SMARTS) is 1. The van der Waals surface area contributed by atoms with Crippen molar-refractivity contribution < 1.29 is 9.90 Å². The van der Waals surface area contributed by atoms with Gasteiger partial charge in [0.1, 0.15) is 0 Å². The molecule has 0 aliphatic heterocycles. The molecule has 1 aliphatic carbocycles. The van der Waals surface area contributed by atoms with Crippen LogP contribution in [-0.4, -0.2) is 54.7 Å². The number of hydrogen-bond donors (Lipinski definition) is 1. The molecule has 1 rings (SSSR count). The van der Waals surface area contributed by atoms with Crippen molar-refractivity contribution in [3.8, 4) is 11.8 Å². The summed E-state index contributed by atoms with van der Waals surface area (Å²) in [6.07, 6.45) is 4.76. The first-order chi connectivity index (χ1) is 9.52. The summed E-state index contributed by atoms with van der Waals surface area (Å²) in [5.74, 6) is 7.69. The molecule has 1 fully saturated rings. The van der Waals surface area contributed by atoms with Crippen molar-refractivity contribution >= 4 is 6.09 Å². The Kier molecular flexibility index (Phi) is 7.46. The maximum Gasteiger partial charge on any atom is 0.407 e. The van der Waals surface area contributed by atoms with Crippen LogP contribution in [0.15, 0.2) is 0 Å². The second kappa shape index (κ2) is 8.86. The Labute approximate surface area is 123 Å². The molecule has 4 heteroatoms. The van der Waals surface area contributed by atoms with Gasteiger partial charge in [0.05, 0.1) is 6.54 Å². The van der Waals surface area contributed by atoms with E-state index in [9.17, 15) is 4.79 Å². The molecule has 0 aromatic rings. The van der Waals surface area contributed by atoms with E-state index >= 15 is 0 Å². The lowest BCUT2D eigenvalue weighted by atomic mass is 9.82. The van der Waals surface area contributed by atoms with E-state index in [4.69, 9.17) is 5.11 Å². The standard InChI is InChI=1S/C16H28N2O2/c1-4-11-17(2)12-5-6-14-7-9-15(10-8-14)13-18(3)16(19)20/h14-15H,4,7-13H2,1-3H3,(H,19,20). The first kappa shape index (κ1) is 16.8. The van der Waals surface area contributed by atoms with Crippen LogP contribution in [0, 0.1) is 23.7 Å². The normalized spacial score (nSPS) is 22.2. The lowest BCUT2D eigenvalue weighted by Crippen LogP contribution is -2.32. The molecule has 0 bridgehead atoms. The van der Waals surface area contributed by atoms with Crippen LogP contribution in [0.3, 0.4) is 0 Å². The molecule has 0 aromatic heterocycles. The van der Waals surface area contributed by atoms with Gasteiger partial charge in [-0.25, -0.2) is 4.79 Å². The Morgan fingerprint density at radius 2 is 1.90 bits per heavy atom. The zero-order chi connectivity index (χ0) is 15.0. The van der Waals surface area contributed by atoms with Gasteiger partial charge in [0.15, 0.2) is 0 Å². The third-order valence-electron chi connectivity index (χ3n) is 3.97. The average molecular weight is 280 g/mol. The summed E-state index contributed by atoms with van der Waals surface area (Å²) in [5.41, 5.74) is 0. The molecule has 0 atom stereocenters. The Balaban J connectivity index is 2.25. The summed E-state index contributed by atoms with van der Waals surface area (Å²) in [5, 5.41) is 8.88. The van der Waals surface area contributed by atoms with Gasteiger partial charge in [-0.2, -0.15) is 0 Å². The minimum absolute atomic E-state index is 0.511. The van der Waals surface area contributed by atoms with Gasteiger partial charge in [-0.1, -0.05) is 18.8 Å². The highest BCUT2D eigenvalue weighted by molar-refractivity contribution is 5.64. The van der Waals surface area contributed by atoms with Crippen molar-refractivity contribution in [3.05, 3.63) is 0 Å². The molecule has 114 valence electrons. The van der Waals surface area contributed by atoms with Crippen molar-refractivity contribution in [1.82, 2.24) is 9.80 Å². The molecule has 4 nitrogen and oxygen atoms in total. The van der Waals surface area contributed by atoms with Gasteiger partial charge in [-0.3, -0.25) is 4.90 Å². The quantitative estimate of drug-likeness (QED) is 0.788. The topological polar surface area (TPSA) is 43.8 Å².